The van der Waals surface area contributed by atoms with Crippen molar-refractivity contribution in [2.75, 3.05) is 0 Å². The number of sulfonamides is 1. The molecule has 116 valence electrons. The van der Waals surface area contributed by atoms with Crippen molar-refractivity contribution in [3.63, 3.8) is 0 Å². The van der Waals surface area contributed by atoms with E-state index in [4.69, 9.17) is 0 Å². The average Bonchev–Trinajstić information content (AvgIpc) is 2.21. The van der Waals surface area contributed by atoms with E-state index in [1.54, 1.807) is 0 Å². The zero-order chi connectivity index (χ0) is 15.6. The molecule has 0 aromatic carbocycles. The van der Waals surface area contributed by atoms with E-state index in [-0.39, 0.29) is 12.8 Å². The average molecular weight is 335 g/mol. The van der Waals surface area contributed by atoms with Gasteiger partial charge in [-0.15, -0.1) is 13.2 Å². The van der Waals surface area contributed by atoms with Gasteiger partial charge in [-0.1, -0.05) is 13.8 Å². The maximum Gasteiger partial charge on any atom is 0.594 e. The molecule has 1 atom stereocenters. The highest BCUT2D eigenvalue weighted by Crippen LogP contribution is 2.37. The van der Waals surface area contributed by atoms with Crippen molar-refractivity contribution in [2.45, 2.75) is 43.7 Å². The molecule has 0 aliphatic heterocycles. The van der Waals surface area contributed by atoms with Gasteiger partial charge in [0.1, 0.15) is 0 Å². The first-order valence-electron chi connectivity index (χ1n) is 4.90. The summed E-state index contributed by atoms with van der Waals surface area (Å²) in [6.45, 7) is 2.39. The number of hydrogen-bond acceptors (Lipinski definition) is 3. The number of alkyl halides is 6. The molecule has 0 amide bonds. The Kier molecular flexibility index (Phi) is 5.99. The number of nitrogens with zero attached hydrogens (tertiary/aromatic N) is 1. The van der Waals surface area contributed by atoms with E-state index in [2.05, 4.69) is 0 Å². The lowest BCUT2D eigenvalue weighted by atomic mass is 10.2. The fraction of sp³-hybridized carbons (Fsp3) is 1.00. The van der Waals surface area contributed by atoms with E-state index < -0.39 is 42.2 Å². The molecule has 0 saturated carbocycles. The van der Waals surface area contributed by atoms with E-state index in [9.17, 15) is 39.3 Å². The summed E-state index contributed by atoms with van der Waals surface area (Å²) in [4.78, 5) is 0. The first kappa shape index (κ1) is 18.8. The van der Waals surface area contributed by atoms with Crippen LogP contribution in [0, 0.1) is 0 Å². The van der Waals surface area contributed by atoms with Gasteiger partial charge in [-0.05, 0) is 12.8 Å². The van der Waals surface area contributed by atoms with Gasteiger partial charge in [0.15, 0.2) is 11.4 Å². The molecule has 0 fully saturated rings. The Hall–Kier alpha value is -0.200. The maximum absolute atomic E-state index is 12.3. The van der Waals surface area contributed by atoms with Crippen molar-refractivity contribution in [1.82, 2.24) is 3.71 Å². The van der Waals surface area contributed by atoms with Crippen LogP contribution in [0.3, 0.4) is 0 Å². The molecule has 12 heteroatoms. The molecule has 0 heterocycles. The van der Waals surface area contributed by atoms with Crippen LogP contribution in [0.5, 0.6) is 0 Å². The van der Waals surface area contributed by atoms with Crippen LogP contribution >= 0.6 is 0 Å². The third kappa shape index (κ3) is 4.13. The first-order chi connectivity index (χ1) is 8.30. The predicted molar refractivity (Wildman–Crippen MR) is 55.4 cm³/mol. The largest absolute Gasteiger partial charge is 0.594 e. The molecule has 0 N–H and O–H groups in total. The number of hydrogen-bond donors (Lipinski definition) is 0. The molecule has 4 nitrogen and oxygen atoms in total. The van der Waals surface area contributed by atoms with Crippen LogP contribution in [0.2, 0.25) is 0 Å². The Morgan fingerprint density at radius 1 is 1.11 bits per heavy atom. The number of rotatable bonds is 5. The monoisotopic (exact) mass is 335 g/mol. The minimum absolute atomic E-state index is 0.340. The Balaban J connectivity index is 5.82. The summed E-state index contributed by atoms with van der Waals surface area (Å²) in [6.07, 6.45) is -0.679. The summed E-state index contributed by atoms with van der Waals surface area (Å²) in [5.41, 5.74) is -11.5. The minimum atomic E-state index is -6.33. The van der Waals surface area contributed by atoms with Crippen molar-refractivity contribution in [3.8, 4) is 0 Å². The summed E-state index contributed by atoms with van der Waals surface area (Å²) >= 11 is -4.30. The molecule has 0 aromatic rings. The molecular formula is C7H11F6NO3S2. The van der Waals surface area contributed by atoms with Crippen LogP contribution in [-0.4, -0.2) is 33.7 Å². The van der Waals surface area contributed by atoms with E-state index in [0.717, 1.165) is 0 Å². The zero-order valence-corrected chi connectivity index (χ0v) is 11.4. The standard InChI is InChI=1S/C7H11F6NO3S2/c1-3-5(4-2)14(18(15)6(8,9)10)19(16,17)7(11,12)13/h5H,3-4H2,1-2H3. The lowest BCUT2D eigenvalue weighted by Gasteiger charge is -2.29. The lowest BCUT2D eigenvalue weighted by Crippen LogP contribution is -2.53. The van der Waals surface area contributed by atoms with Gasteiger partial charge >= 0.3 is 21.0 Å². The molecule has 0 radical (unpaired) electrons. The Morgan fingerprint density at radius 3 is 1.68 bits per heavy atom. The maximum atomic E-state index is 12.3. The SMILES string of the molecule is CCC(CC)N([S+]([O-])C(F)(F)F)S(=O)(=O)C(F)(F)F. The summed E-state index contributed by atoms with van der Waals surface area (Å²) < 4.78 is 106. The van der Waals surface area contributed by atoms with E-state index in [1.807, 2.05) is 0 Å². The molecule has 0 aliphatic rings. The summed E-state index contributed by atoms with van der Waals surface area (Å²) in [5, 5.41) is 0. The highest BCUT2D eigenvalue weighted by Gasteiger charge is 2.63. The molecule has 0 saturated heterocycles. The highest BCUT2D eigenvalue weighted by atomic mass is 32.3. The van der Waals surface area contributed by atoms with Crippen LogP contribution in [0.1, 0.15) is 26.7 Å². The Labute approximate surface area is 109 Å². The van der Waals surface area contributed by atoms with Gasteiger partial charge in [0.2, 0.25) is 0 Å². The second-order valence-corrected chi connectivity index (χ2v) is 6.76. The lowest BCUT2D eigenvalue weighted by molar-refractivity contribution is -0.0544. The van der Waals surface area contributed by atoms with E-state index >= 15 is 0 Å². The highest BCUT2D eigenvalue weighted by molar-refractivity contribution is 8.04. The van der Waals surface area contributed by atoms with Crippen molar-refractivity contribution in [2.24, 2.45) is 0 Å². The fourth-order valence-corrected chi connectivity index (χ4v) is 4.10. The molecule has 1 unspecified atom stereocenters. The van der Waals surface area contributed by atoms with Gasteiger partial charge in [0, 0.05) is 3.71 Å². The van der Waals surface area contributed by atoms with Crippen molar-refractivity contribution in [3.05, 3.63) is 0 Å². The van der Waals surface area contributed by atoms with Gasteiger partial charge in [0.25, 0.3) is 0 Å². The topological polar surface area (TPSA) is 60.4 Å². The summed E-state index contributed by atoms with van der Waals surface area (Å²) in [6, 6.07) is -1.66. The van der Waals surface area contributed by atoms with Crippen molar-refractivity contribution in [1.29, 1.82) is 0 Å². The molecule has 0 bridgehead atoms. The molecular weight excluding hydrogens is 324 g/mol. The summed E-state index contributed by atoms with van der Waals surface area (Å²) in [7, 11) is -6.33. The zero-order valence-electron chi connectivity index (χ0n) is 9.75. The molecule has 0 aromatic heterocycles. The van der Waals surface area contributed by atoms with Gasteiger partial charge in [-0.3, -0.25) is 0 Å². The van der Waals surface area contributed by atoms with Crippen molar-refractivity contribution >= 4 is 21.4 Å². The molecule has 0 spiro atoms. The smallest absolute Gasteiger partial charge is 0.590 e. The first-order valence-corrected chi connectivity index (χ1v) is 7.44. The third-order valence-corrected chi connectivity index (χ3v) is 5.50. The van der Waals surface area contributed by atoms with E-state index in [1.165, 1.54) is 13.8 Å². The number of halogens is 6. The van der Waals surface area contributed by atoms with Crippen LogP contribution in [-0.2, 0) is 21.4 Å². The quantitative estimate of drug-likeness (QED) is 0.573. The van der Waals surface area contributed by atoms with Gasteiger partial charge in [0.05, 0.1) is 6.04 Å². The molecule has 0 rings (SSSR count). The van der Waals surface area contributed by atoms with Crippen LogP contribution in [0.25, 0.3) is 0 Å². The minimum Gasteiger partial charge on any atom is -0.590 e. The van der Waals surface area contributed by atoms with Gasteiger partial charge in [-0.25, -0.2) is 0 Å². The Morgan fingerprint density at radius 2 is 1.47 bits per heavy atom. The van der Waals surface area contributed by atoms with Crippen LogP contribution in [0.4, 0.5) is 26.3 Å². The van der Waals surface area contributed by atoms with Gasteiger partial charge < -0.3 is 4.55 Å². The van der Waals surface area contributed by atoms with Gasteiger partial charge in [-0.2, -0.15) is 21.6 Å². The summed E-state index contributed by atoms with van der Waals surface area (Å²) in [5.74, 6) is 0. The van der Waals surface area contributed by atoms with Crippen molar-refractivity contribution < 1.29 is 39.3 Å². The van der Waals surface area contributed by atoms with Crippen LogP contribution in [0.15, 0.2) is 0 Å². The normalized spacial score (nSPS) is 16.2. The third-order valence-electron chi connectivity index (χ3n) is 2.13. The van der Waals surface area contributed by atoms with E-state index in [0.29, 0.717) is 0 Å². The Bertz CT molecular complexity index is 389. The predicted octanol–water partition coefficient (Wildman–Crippen LogP) is 2.51. The fourth-order valence-electron chi connectivity index (χ4n) is 1.21. The molecule has 0 aliphatic carbocycles. The second kappa shape index (κ2) is 6.06. The van der Waals surface area contributed by atoms with Crippen LogP contribution < -0.4 is 0 Å². The molecule has 19 heavy (non-hydrogen) atoms. The second-order valence-electron chi connectivity index (χ2n) is 3.37.